The fraction of sp³-hybridized carbons (Fsp3) is 0.333. The molecule has 166 valence electrons. The van der Waals surface area contributed by atoms with E-state index in [2.05, 4.69) is 80.2 Å². The van der Waals surface area contributed by atoms with E-state index in [9.17, 15) is 4.79 Å². The second-order valence-corrected chi connectivity index (χ2v) is 10.2. The molecule has 1 saturated heterocycles. The van der Waals surface area contributed by atoms with Gasteiger partial charge in [0.25, 0.3) is 5.91 Å². The van der Waals surface area contributed by atoms with Crippen molar-refractivity contribution in [3.05, 3.63) is 69.6 Å². The van der Waals surface area contributed by atoms with Crippen molar-refractivity contribution in [1.29, 1.82) is 0 Å². The summed E-state index contributed by atoms with van der Waals surface area (Å²) in [5, 5.41) is 3.53. The van der Waals surface area contributed by atoms with E-state index in [1.807, 2.05) is 25.1 Å². The molecule has 2 aliphatic heterocycles. The van der Waals surface area contributed by atoms with Crippen molar-refractivity contribution in [3.8, 4) is 0 Å². The molecule has 0 saturated carbocycles. The van der Waals surface area contributed by atoms with Crippen molar-refractivity contribution < 1.29 is 4.79 Å². The van der Waals surface area contributed by atoms with Crippen molar-refractivity contribution in [2.45, 2.75) is 53.5 Å². The Hall–Kier alpha value is -2.79. The van der Waals surface area contributed by atoms with Crippen LogP contribution < -0.4 is 10.2 Å². The number of carbonyl (C=O) groups is 1. The summed E-state index contributed by atoms with van der Waals surface area (Å²) in [5.74, 6) is -0.0998. The van der Waals surface area contributed by atoms with E-state index in [1.54, 1.807) is 0 Å². The van der Waals surface area contributed by atoms with Gasteiger partial charge in [-0.1, -0.05) is 36.8 Å². The third kappa shape index (κ3) is 4.40. The number of fused-ring (bicyclic) bond motifs is 1. The fourth-order valence-electron chi connectivity index (χ4n) is 4.49. The Bertz CT molecular complexity index is 1170. The first-order valence-electron chi connectivity index (χ1n) is 11.2. The molecule has 2 aromatic rings. The standard InChI is InChI=1S/C27H31N3OS/c1-7-12-30-23-11-9-20(14-21(23)19(4)16-27(30,5)6)15-24-25(31)29-26(32-24)28-22-10-8-17(2)13-18(22)3/h8-11,13-16H,7,12H2,1-6H3,(H,28,29,31)/b24-15+. The Morgan fingerprint density at radius 1 is 1.12 bits per heavy atom. The van der Waals surface area contributed by atoms with Gasteiger partial charge in [0, 0.05) is 17.8 Å². The number of allylic oxidation sites excluding steroid dienone is 1. The molecule has 4 nitrogen and oxygen atoms in total. The minimum atomic E-state index is -0.0998. The van der Waals surface area contributed by atoms with E-state index >= 15 is 0 Å². The number of aliphatic imine (C=N–C) groups is 1. The second-order valence-electron chi connectivity index (χ2n) is 9.18. The van der Waals surface area contributed by atoms with Crippen LogP contribution in [0.15, 0.2) is 52.4 Å². The topological polar surface area (TPSA) is 44.7 Å². The van der Waals surface area contributed by atoms with E-state index in [-0.39, 0.29) is 11.4 Å². The summed E-state index contributed by atoms with van der Waals surface area (Å²) in [6.45, 7) is 14.0. The van der Waals surface area contributed by atoms with Gasteiger partial charge in [-0.25, -0.2) is 4.99 Å². The molecule has 0 radical (unpaired) electrons. The molecule has 0 bridgehead atoms. The van der Waals surface area contributed by atoms with Gasteiger partial charge in [-0.2, -0.15) is 0 Å². The molecule has 1 amide bonds. The van der Waals surface area contributed by atoms with Crippen LogP contribution in [-0.2, 0) is 4.79 Å². The maximum Gasteiger partial charge on any atom is 0.264 e. The molecule has 5 heteroatoms. The van der Waals surface area contributed by atoms with Gasteiger partial charge in [0.15, 0.2) is 5.17 Å². The second kappa shape index (κ2) is 8.62. The van der Waals surface area contributed by atoms with Gasteiger partial charge in [0.05, 0.1) is 16.1 Å². The molecule has 0 unspecified atom stereocenters. The van der Waals surface area contributed by atoms with E-state index in [0.717, 1.165) is 29.8 Å². The molecule has 2 aromatic carbocycles. The predicted molar refractivity (Wildman–Crippen MR) is 139 cm³/mol. The minimum absolute atomic E-state index is 0.00621. The highest BCUT2D eigenvalue weighted by Gasteiger charge is 2.31. The van der Waals surface area contributed by atoms with Gasteiger partial charge in [-0.05, 0) is 93.8 Å². The number of hydrogen-bond donors (Lipinski definition) is 1. The van der Waals surface area contributed by atoms with Crippen LogP contribution in [0.1, 0.15) is 56.4 Å². The summed E-state index contributed by atoms with van der Waals surface area (Å²) >= 11 is 1.39. The molecule has 1 N–H and O–H groups in total. The zero-order valence-electron chi connectivity index (χ0n) is 19.7. The highest BCUT2D eigenvalue weighted by atomic mass is 32.2. The highest BCUT2D eigenvalue weighted by Crippen LogP contribution is 2.40. The number of rotatable bonds is 4. The number of benzene rings is 2. The largest absolute Gasteiger partial charge is 0.362 e. The molecular formula is C27H31N3OS. The van der Waals surface area contributed by atoms with Crippen molar-refractivity contribution in [2.24, 2.45) is 4.99 Å². The molecule has 4 rings (SSSR count). The monoisotopic (exact) mass is 445 g/mol. The maximum atomic E-state index is 12.6. The van der Waals surface area contributed by atoms with Crippen molar-refractivity contribution in [3.63, 3.8) is 0 Å². The Morgan fingerprint density at radius 3 is 2.62 bits per heavy atom. The lowest BCUT2D eigenvalue weighted by atomic mass is 9.88. The fourth-order valence-corrected chi connectivity index (χ4v) is 5.33. The van der Waals surface area contributed by atoms with Crippen molar-refractivity contribution in [2.75, 3.05) is 11.4 Å². The molecule has 32 heavy (non-hydrogen) atoms. The minimum Gasteiger partial charge on any atom is -0.362 e. The van der Waals surface area contributed by atoms with Crippen molar-refractivity contribution in [1.82, 2.24) is 5.32 Å². The SMILES string of the molecule is CCCN1c2ccc(/C=C3/SC(=Nc4ccc(C)cc4C)NC3=O)cc2C(C)=CC1(C)C. The third-order valence-corrected chi connectivity index (χ3v) is 6.88. The Morgan fingerprint density at radius 2 is 1.91 bits per heavy atom. The number of anilines is 1. The van der Waals surface area contributed by atoms with Crippen molar-refractivity contribution >= 4 is 45.9 Å². The number of aryl methyl sites for hydroxylation is 2. The van der Waals surface area contributed by atoms with Crippen LogP contribution in [0.2, 0.25) is 0 Å². The summed E-state index contributed by atoms with van der Waals surface area (Å²) < 4.78 is 0. The Kier molecular flexibility index (Phi) is 6.04. The number of nitrogens with zero attached hydrogens (tertiary/aromatic N) is 2. The first kappa shape index (κ1) is 22.4. The summed E-state index contributed by atoms with van der Waals surface area (Å²) in [7, 11) is 0. The smallest absolute Gasteiger partial charge is 0.264 e. The van der Waals surface area contributed by atoms with E-state index < -0.39 is 0 Å². The third-order valence-electron chi connectivity index (χ3n) is 5.97. The summed E-state index contributed by atoms with van der Waals surface area (Å²) in [5.41, 5.74) is 7.98. The molecular weight excluding hydrogens is 414 g/mol. The van der Waals surface area contributed by atoms with Gasteiger partial charge in [-0.15, -0.1) is 0 Å². The van der Waals surface area contributed by atoms with Gasteiger partial charge >= 0.3 is 0 Å². The number of thioether (sulfide) groups is 1. The average molecular weight is 446 g/mol. The summed E-state index contributed by atoms with van der Waals surface area (Å²) in [6.07, 6.45) is 5.40. The zero-order valence-corrected chi connectivity index (χ0v) is 20.6. The number of hydrogen-bond acceptors (Lipinski definition) is 4. The number of amidine groups is 1. The van der Waals surface area contributed by atoms with Crippen LogP contribution in [0.25, 0.3) is 11.6 Å². The van der Waals surface area contributed by atoms with E-state index in [4.69, 9.17) is 0 Å². The quantitative estimate of drug-likeness (QED) is 0.539. The normalized spacial score (nSPS) is 19.9. The number of nitrogens with one attached hydrogen (secondary N) is 1. The predicted octanol–water partition coefficient (Wildman–Crippen LogP) is 6.61. The van der Waals surface area contributed by atoms with Crippen LogP contribution in [0, 0.1) is 13.8 Å². The zero-order chi connectivity index (χ0) is 23.0. The highest BCUT2D eigenvalue weighted by molar-refractivity contribution is 8.18. The molecule has 1 fully saturated rings. The van der Waals surface area contributed by atoms with Gasteiger partial charge < -0.3 is 10.2 Å². The van der Waals surface area contributed by atoms with Crippen LogP contribution in [0.3, 0.4) is 0 Å². The van der Waals surface area contributed by atoms with Gasteiger partial charge in [0.1, 0.15) is 0 Å². The molecule has 0 spiro atoms. The number of amides is 1. The molecule has 0 aliphatic carbocycles. The first-order chi connectivity index (χ1) is 15.2. The van der Waals surface area contributed by atoms with Crippen LogP contribution in [0.5, 0.6) is 0 Å². The summed E-state index contributed by atoms with van der Waals surface area (Å²) in [6, 6.07) is 12.6. The van der Waals surface area contributed by atoms with Gasteiger partial charge in [-0.3, -0.25) is 4.79 Å². The van der Waals surface area contributed by atoms with E-state index in [0.29, 0.717) is 10.1 Å². The summed E-state index contributed by atoms with van der Waals surface area (Å²) in [4.78, 5) is 20.4. The van der Waals surface area contributed by atoms with Gasteiger partial charge in [0.2, 0.25) is 0 Å². The first-order valence-corrected chi connectivity index (χ1v) is 12.0. The average Bonchev–Trinajstić information content (AvgIpc) is 3.06. The maximum absolute atomic E-state index is 12.6. The molecule has 0 aromatic heterocycles. The van der Waals surface area contributed by atoms with Crippen LogP contribution in [-0.4, -0.2) is 23.2 Å². The molecule has 0 atom stereocenters. The van der Waals surface area contributed by atoms with E-state index in [1.165, 1.54) is 34.1 Å². The Labute approximate surface area is 195 Å². The molecule has 2 heterocycles. The van der Waals surface area contributed by atoms with Crippen LogP contribution >= 0.6 is 11.8 Å². The number of carbonyl (C=O) groups excluding carboxylic acids is 1. The lowest BCUT2D eigenvalue weighted by molar-refractivity contribution is -0.115. The lowest BCUT2D eigenvalue weighted by Gasteiger charge is -2.43. The molecule has 2 aliphatic rings. The Balaban J connectivity index is 1.63. The lowest BCUT2D eigenvalue weighted by Crippen LogP contribution is -2.45. The van der Waals surface area contributed by atoms with Crippen LogP contribution in [0.4, 0.5) is 11.4 Å².